The van der Waals surface area contributed by atoms with Crippen molar-refractivity contribution in [3.8, 4) is 5.88 Å². The summed E-state index contributed by atoms with van der Waals surface area (Å²) in [5.41, 5.74) is 3.33. The van der Waals surface area contributed by atoms with E-state index < -0.39 is 23.8 Å². The maximum Gasteiger partial charge on any atom is 0.422 e. The predicted octanol–water partition coefficient (Wildman–Crippen LogP) is 5.80. The molecule has 1 atom stereocenters. The van der Waals surface area contributed by atoms with Crippen molar-refractivity contribution in [2.24, 2.45) is 0 Å². The van der Waals surface area contributed by atoms with Gasteiger partial charge in [-0.05, 0) is 72.8 Å². The lowest BCUT2D eigenvalue weighted by Crippen LogP contribution is -2.52. The summed E-state index contributed by atoms with van der Waals surface area (Å²) < 4.78 is 61.4. The van der Waals surface area contributed by atoms with Crippen molar-refractivity contribution in [2.45, 2.75) is 43.8 Å². The smallest absolute Gasteiger partial charge is 0.422 e. The highest BCUT2D eigenvalue weighted by Gasteiger charge is 2.35. The highest BCUT2D eigenvalue weighted by atomic mass is 79.9. The van der Waals surface area contributed by atoms with Gasteiger partial charge in [-0.1, -0.05) is 0 Å². The lowest BCUT2D eigenvalue weighted by atomic mass is 10.0. The Morgan fingerprint density at radius 3 is 2.41 bits per heavy atom. The number of aromatic nitrogens is 5. The molecule has 2 aliphatic heterocycles. The Kier molecular flexibility index (Phi) is 10.5. The zero-order valence-electron chi connectivity index (χ0n) is 28.2. The number of halogens is 4. The number of rotatable bonds is 11. The fraction of sp³-hybridized carbons (Fsp3) is 0.485. The van der Waals surface area contributed by atoms with Gasteiger partial charge in [0.15, 0.2) is 6.61 Å². The van der Waals surface area contributed by atoms with Crippen LogP contribution in [0, 0.1) is 0 Å². The molecule has 1 aliphatic carbocycles. The molecule has 3 N–H and O–H groups in total. The van der Waals surface area contributed by atoms with Crippen LogP contribution in [0.4, 0.5) is 47.8 Å². The third kappa shape index (κ3) is 8.61. The van der Waals surface area contributed by atoms with E-state index in [4.69, 9.17) is 9.72 Å². The fourth-order valence-corrected chi connectivity index (χ4v) is 7.37. The number of benzene rings is 1. The summed E-state index contributed by atoms with van der Waals surface area (Å²) in [7, 11) is 0.727. The highest BCUT2D eigenvalue weighted by Crippen LogP contribution is 2.47. The number of pyridine rings is 1. The Bertz CT molecular complexity index is 1900. The minimum Gasteiger partial charge on any atom is -0.466 e. The summed E-state index contributed by atoms with van der Waals surface area (Å²) >= 11 is 3.49. The first-order valence-electron chi connectivity index (χ1n) is 16.8. The van der Waals surface area contributed by atoms with Gasteiger partial charge in [0.25, 0.3) is 0 Å². The molecule has 1 aromatic carbocycles. The predicted molar refractivity (Wildman–Crippen MR) is 196 cm³/mol. The number of likely N-dealkylation sites (N-methyl/N-ethyl adjacent to an activating group) is 1. The summed E-state index contributed by atoms with van der Waals surface area (Å²) in [6.45, 7) is 4.25. The summed E-state index contributed by atoms with van der Waals surface area (Å²) in [6.07, 6.45) is 5.47. The van der Waals surface area contributed by atoms with Gasteiger partial charge in [0.1, 0.15) is 33.8 Å². The number of alkyl halides is 3. The van der Waals surface area contributed by atoms with E-state index in [1.54, 1.807) is 24.5 Å². The summed E-state index contributed by atoms with van der Waals surface area (Å²) in [5, 5.41) is 6.33. The number of nitrogens with zero attached hydrogens (tertiary/aromatic N) is 8. The third-order valence-electron chi connectivity index (χ3n) is 9.33. The van der Waals surface area contributed by atoms with Crippen molar-refractivity contribution < 1.29 is 22.1 Å². The molecule has 5 heterocycles. The summed E-state index contributed by atoms with van der Waals surface area (Å²) in [6, 6.07) is 5.86. The number of piperidine rings is 1. The molecule has 0 amide bonds. The van der Waals surface area contributed by atoms with Crippen molar-refractivity contribution >= 4 is 72.6 Å². The van der Waals surface area contributed by atoms with Gasteiger partial charge in [0, 0.05) is 75.7 Å². The van der Waals surface area contributed by atoms with E-state index >= 15 is 0 Å². The second kappa shape index (κ2) is 15.0. The van der Waals surface area contributed by atoms with Crippen molar-refractivity contribution in [1.82, 2.24) is 34.7 Å². The van der Waals surface area contributed by atoms with Crippen molar-refractivity contribution in [3.63, 3.8) is 0 Å². The van der Waals surface area contributed by atoms with Crippen LogP contribution in [0.3, 0.4) is 0 Å². The molecule has 272 valence electrons. The van der Waals surface area contributed by atoms with Crippen LogP contribution < -0.4 is 25.0 Å². The number of nitrogens with one attached hydrogen (secondary N) is 3. The van der Waals surface area contributed by atoms with Gasteiger partial charge in [-0.2, -0.15) is 23.1 Å². The summed E-state index contributed by atoms with van der Waals surface area (Å²) in [5.74, 6) is 1.22. The van der Waals surface area contributed by atoms with E-state index in [0.29, 0.717) is 44.6 Å². The lowest BCUT2D eigenvalue weighted by molar-refractivity contribution is -0.153. The minimum atomic E-state index is -4.56. The molecule has 0 bridgehead atoms. The second-order valence-corrected chi connectivity index (χ2v) is 15.1. The normalized spacial score (nSPS) is 18.5. The van der Waals surface area contributed by atoms with Crippen LogP contribution in [0.5, 0.6) is 5.88 Å². The van der Waals surface area contributed by atoms with Crippen LogP contribution in [0.25, 0.3) is 11.0 Å². The second-order valence-electron chi connectivity index (χ2n) is 13.1. The quantitative estimate of drug-likeness (QED) is 0.169. The Labute approximate surface area is 304 Å². The molecule has 4 aromatic rings. The SMILES string of the molecule is CN1CCN(C2CCN(c3nc(OCC(F)(F)F)c(Nc4ncc(Br)c(Nc5ccc6nccnc6c5NS(C)=O)n4)cc3C3CC3)CC2)CC1. The summed E-state index contributed by atoms with van der Waals surface area (Å²) in [4.78, 5) is 29.6. The van der Waals surface area contributed by atoms with Gasteiger partial charge >= 0.3 is 6.18 Å². The maximum atomic E-state index is 13.5. The van der Waals surface area contributed by atoms with Gasteiger partial charge in [-0.25, -0.2) is 9.19 Å². The number of hydrogen-bond donors (Lipinski definition) is 3. The fourth-order valence-electron chi connectivity index (χ4n) is 6.58. The van der Waals surface area contributed by atoms with Crippen LogP contribution in [-0.2, 0) is 11.0 Å². The Morgan fingerprint density at radius 2 is 1.71 bits per heavy atom. The number of hydrogen-bond acceptors (Lipinski definition) is 12. The van der Waals surface area contributed by atoms with Crippen LogP contribution in [0.15, 0.2) is 41.3 Å². The van der Waals surface area contributed by atoms with Crippen LogP contribution >= 0.6 is 15.9 Å². The minimum absolute atomic E-state index is 0.107. The van der Waals surface area contributed by atoms with E-state index in [0.717, 1.165) is 70.5 Å². The van der Waals surface area contributed by atoms with Gasteiger partial charge in [0.2, 0.25) is 11.8 Å². The van der Waals surface area contributed by atoms with Crippen molar-refractivity contribution in [3.05, 3.63) is 46.8 Å². The van der Waals surface area contributed by atoms with E-state index in [1.807, 2.05) is 6.07 Å². The average molecular weight is 791 g/mol. The Balaban J connectivity index is 1.17. The molecule has 3 aromatic heterocycles. The molecule has 0 radical (unpaired) electrons. The highest BCUT2D eigenvalue weighted by molar-refractivity contribution is 9.10. The van der Waals surface area contributed by atoms with E-state index in [-0.39, 0.29) is 23.4 Å². The van der Waals surface area contributed by atoms with E-state index in [2.05, 4.69) is 73.0 Å². The number of fused-ring (bicyclic) bond motifs is 1. The molecule has 13 nitrogen and oxygen atoms in total. The first-order valence-corrected chi connectivity index (χ1v) is 19.2. The lowest BCUT2D eigenvalue weighted by Gasteiger charge is -2.42. The Morgan fingerprint density at radius 1 is 0.961 bits per heavy atom. The molecule has 51 heavy (non-hydrogen) atoms. The number of anilines is 6. The van der Waals surface area contributed by atoms with E-state index in [1.165, 1.54) is 12.5 Å². The van der Waals surface area contributed by atoms with Gasteiger partial charge < -0.3 is 29.9 Å². The number of piperazine rings is 1. The van der Waals surface area contributed by atoms with Gasteiger partial charge in [-0.3, -0.25) is 14.9 Å². The number of ether oxygens (including phenoxy) is 1. The van der Waals surface area contributed by atoms with Crippen LogP contribution in [0.2, 0.25) is 0 Å². The topological polar surface area (TPSA) is 137 Å². The van der Waals surface area contributed by atoms with Crippen molar-refractivity contribution in [1.29, 1.82) is 0 Å². The van der Waals surface area contributed by atoms with E-state index in [9.17, 15) is 17.4 Å². The van der Waals surface area contributed by atoms with Crippen LogP contribution in [0.1, 0.15) is 37.2 Å². The van der Waals surface area contributed by atoms with Crippen LogP contribution in [-0.4, -0.2) is 110 Å². The monoisotopic (exact) mass is 789 g/mol. The zero-order valence-corrected chi connectivity index (χ0v) is 30.6. The average Bonchev–Trinajstić information content (AvgIpc) is 3.96. The standard InChI is InChI=1S/C33H39BrF3N11O2S/c1-46-13-15-47(16-14-46)21-7-11-48(12-8-21)30-22(20-3-4-20)17-26(31(44-30)50-19-33(35,36)37)42-32-40-18-23(34)29(43-32)41-25-6-5-24-27(39-10-9-38-24)28(25)45-51(2)49/h5-6,9-10,17-18,20-21,45H,3-4,7-8,11-16,19H2,1-2H3,(H2,40,41,42,43). The molecule has 3 aliphatic rings. The molecular weight excluding hydrogens is 751 g/mol. The third-order valence-corrected chi connectivity index (χ3v) is 10.4. The molecule has 7 rings (SSSR count). The Hall–Kier alpha value is -3.87. The molecule has 1 unspecified atom stereocenters. The molecule has 1 saturated carbocycles. The zero-order chi connectivity index (χ0) is 35.7. The van der Waals surface area contributed by atoms with Crippen molar-refractivity contribution in [2.75, 3.05) is 79.4 Å². The molecule has 3 fully saturated rings. The largest absolute Gasteiger partial charge is 0.466 e. The van der Waals surface area contributed by atoms with Gasteiger partial charge in [-0.15, -0.1) is 0 Å². The van der Waals surface area contributed by atoms with Gasteiger partial charge in [0.05, 0.1) is 21.4 Å². The molecule has 2 saturated heterocycles. The molecule has 0 spiro atoms. The molecular formula is C33H39BrF3N11O2S. The molecule has 18 heteroatoms. The first kappa shape index (κ1) is 35.5. The maximum absolute atomic E-state index is 13.5. The first-order chi connectivity index (χ1) is 24.5.